The molecular formula is C19H24ClN5O. The van der Waals surface area contributed by atoms with E-state index in [-0.39, 0.29) is 17.9 Å². The molecule has 1 aromatic carbocycles. The normalized spacial score (nSPS) is 15.2. The Bertz CT molecular complexity index is 759. The van der Waals surface area contributed by atoms with Gasteiger partial charge in [0, 0.05) is 31.2 Å². The van der Waals surface area contributed by atoms with E-state index >= 15 is 0 Å². The SMILES string of the molecule is CC(C)NC(=O)C1CCN(c2nccc(Nc3ccccc3Cl)n2)CC1. The molecule has 1 fully saturated rings. The Morgan fingerprint density at radius 2 is 1.96 bits per heavy atom. The maximum atomic E-state index is 12.2. The Kier molecular flexibility index (Phi) is 5.93. The Morgan fingerprint density at radius 1 is 1.23 bits per heavy atom. The first-order valence-electron chi connectivity index (χ1n) is 8.93. The lowest BCUT2D eigenvalue weighted by atomic mass is 9.96. The molecule has 6 nitrogen and oxygen atoms in total. The first-order chi connectivity index (χ1) is 12.5. The van der Waals surface area contributed by atoms with Crippen LogP contribution in [0.1, 0.15) is 26.7 Å². The first-order valence-corrected chi connectivity index (χ1v) is 9.30. The monoisotopic (exact) mass is 373 g/mol. The van der Waals surface area contributed by atoms with Crippen LogP contribution in [0.2, 0.25) is 5.02 Å². The molecule has 138 valence electrons. The third-order valence-electron chi connectivity index (χ3n) is 4.36. The van der Waals surface area contributed by atoms with Crippen LogP contribution in [-0.2, 0) is 4.79 Å². The number of nitrogens with zero attached hydrogens (tertiary/aromatic N) is 3. The van der Waals surface area contributed by atoms with E-state index in [0.29, 0.717) is 16.8 Å². The molecule has 1 aromatic heterocycles. The zero-order valence-corrected chi connectivity index (χ0v) is 15.8. The molecule has 26 heavy (non-hydrogen) atoms. The van der Waals surface area contributed by atoms with Gasteiger partial charge in [-0.1, -0.05) is 23.7 Å². The van der Waals surface area contributed by atoms with Crippen LogP contribution in [0, 0.1) is 5.92 Å². The standard InChI is InChI=1S/C19H24ClN5O/c1-13(2)22-18(26)14-8-11-25(12-9-14)19-21-10-7-17(24-19)23-16-6-4-3-5-15(16)20/h3-7,10,13-14H,8-9,11-12H2,1-2H3,(H,22,26)(H,21,23,24). The molecule has 1 aliphatic rings. The van der Waals surface area contributed by atoms with E-state index in [0.717, 1.165) is 31.6 Å². The number of rotatable bonds is 5. The summed E-state index contributed by atoms with van der Waals surface area (Å²) in [6.45, 7) is 5.51. The highest BCUT2D eigenvalue weighted by Gasteiger charge is 2.26. The molecule has 2 aromatic rings. The maximum absolute atomic E-state index is 12.2. The van der Waals surface area contributed by atoms with Crippen molar-refractivity contribution >= 4 is 35.0 Å². The minimum atomic E-state index is 0.0677. The summed E-state index contributed by atoms with van der Waals surface area (Å²) in [4.78, 5) is 23.3. The van der Waals surface area contributed by atoms with E-state index in [4.69, 9.17) is 11.6 Å². The molecule has 0 radical (unpaired) electrons. The topological polar surface area (TPSA) is 70.2 Å². The van der Waals surface area contributed by atoms with Crippen LogP contribution in [-0.4, -0.2) is 35.0 Å². The number of amides is 1. The molecule has 2 N–H and O–H groups in total. The summed E-state index contributed by atoms with van der Waals surface area (Å²) in [5.41, 5.74) is 0.808. The number of hydrogen-bond acceptors (Lipinski definition) is 5. The van der Waals surface area contributed by atoms with Gasteiger partial charge >= 0.3 is 0 Å². The van der Waals surface area contributed by atoms with Crippen LogP contribution in [0.3, 0.4) is 0 Å². The Balaban J connectivity index is 1.63. The molecule has 1 amide bonds. The van der Waals surface area contributed by atoms with E-state index in [1.54, 1.807) is 6.20 Å². The molecule has 1 saturated heterocycles. The number of halogens is 1. The molecule has 0 unspecified atom stereocenters. The highest BCUT2D eigenvalue weighted by atomic mass is 35.5. The summed E-state index contributed by atoms with van der Waals surface area (Å²) in [6.07, 6.45) is 3.35. The third-order valence-corrected chi connectivity index (χ3v) is 4.69. The summed E-state index contributed by atoms with van der Waals surface area (Å²) >= 11 is 6.19. The van der Waals surface area contributed by atoms with Gasteiger partial charge in [0.2, 0.25) is 11.9 Å². The lowest BCUT2D eigenvalue weighted by Crippen LogP contribution is -2.42. The average Bonchev–Trinajstić information content (AvgIpc) is 2.63. The summed E-state index contributed by atoms with van der Waals surface area (Å²) in [5, 5.41) is 6.87. The maximum Gasteiger partial charge on any atom is 0.227 e. The quantitative estimate of drug-likeness (QED) is 0.837. The molecule has 0 atom stereocenters. The van der Waals surface area contributed by atoms with Gasteiger partial charge in [-0.25, -0.2) is 4.98 Å². The highest BCUT2D eigenvalue weighted by Crippen LogP contribution is 2.25. The van der Waals surface area contributed by atoms with Crippen molar-refractivity contribution in [3.05, 3.63) is 41.6 Å². The van der Waals surface area contributed by atoms with Crippen molar-refractivity contribution in [3.8, 4) is 0 Å². The van der Waals surface area contributed by atoms with E-state index in [9.17, 15) is 4.79 Å². The van der Waals surface area contributed by atoms with Crippen molar-refractivity contribution in [1.82, 2.24) is 15.3 Å². The minimum Gasteiger partial charge on any atom is -0.354 e. The predicted octanol–water partition coefficient (Wildman–Crippen LogP) is 3.61. The number of benzene rings is 1. The van der Waals surface area contributed by atoms with Crippen LogP contribution in [0.15, 0.2) is 36.5 Å². The number of carbonyl (C=O) groups is 1. The molecular weight excluding hydrogens is 350 g/mol. The molecule has 7 heteroatoms. The second kappa shape index (κ2) is 8.36. The second-order valence-electron chi connectivity index (χ2n) is 6.77. The second-order valence-corrected chi connectivity index (χ2v) is 7.18. The summed E-state index contributed by atoms with van der Waals surface area (Å²) in [6, 6.07) is 9.54. The summed E-state index contributed by atoms with van der Waals surface area (Å²) < 4.78 is 0. The van der Waals surface area contributed by atoms with Crippen molar-refractivity contribution in [2.75, 3.05) is 23.3 Å². The fourth-order valence-corrected chi connectivity index (χ4v) is 3.20. The van der Waals surface area contributed by atoms with Crippen molar-refractivity contribution in [1.29, 1.82) is 0 Å². The number of para-hydroxylation sites is 1. The Morgan fingerprint density at radius 3 is 2.65 bits per heavy atom. The van der Waals surface area contributed by atoms with E-state index in [2.05, 4.69) is 25.5 Å². The van der Waals surface area contributed by atoms with Gasteiger partial charge in [0.05, 0.1) is 10.7 Å². The fraction of sp³-hybridized carbons (Fsp3) is 0.421. The zero-order chi connectivity index (χ0) is 18.5. The first kappa shape index (κ1) is 18.5. The van der Waals surface area contributed by atoms with Gasteiger partial charge in [-0.05, 0) is 44.9 Å². The van der Waals surface area contributed by atoms with Gasteiger partial charge in [-0.15, -0.1) is 0 Å². The minimum absolute atomic E-state index is 0.0677. The number of aromatic nitrogens is 2. The molecule has 0 aliphatic carbocycles. The lowest BCUT2D eigenvalue weighted by Gasteiger charge is -2.31. The van der Waals surface area contributed by atoms with Crippen LogP contribution in [0.25, 0.3) is 0 Å². The van der Waals surface area contributed by atoms with Crippen LogP contribution in [0.4, 0.5) is 17.5 Å². The molecule has 3 rings (SSSR count). The smallest absolute Gasteiger partial charge is 0.227 e. The zero-order valence-electron chi connectivity index (χ0n) is 15.1. The highest BCUT2D eigenvalue weighted by molar-refractivity contribution is 6.33. The van der Waals surface area contributed by atoms with Gasteiger partial charge in [0.15, 0.2) is 0 Å². The lowest BCUT2D eigenvalue weighted by molar-refractivity contribution is -0.126. The van der Waals surface area contributed by atoms with Crippen LogP contribution >= 0.6 is 11.6 Å². The Labute approximate surface area is 159 Å². The third kappa shape index (κ3) is 4.64. The molecule has 2 heterocycles. The van der Waals surface area contributed by atoms with Gasteiger partial charge < -0.3 is 15.5 Å². The fourth-order valence-electron chi connectivity index (χ4n) is 3.01. The predicted molar refractivity (Wildman–Crippen MR) is 105 cm³/mol. The number of nitrogens with one attached hydrogen (secondary N) is 2. The largest absolute Gasteiger partial charge is 0.354 e. The number of carbonyl (C=O) groups excluding carboxylic acids is 1. The van der Waals surface area contributed by atoms with E-state index < -0.39 is 0 Å². The van der Waals surface area contributed by atoms with Crippen molar-refractivity contribution < 1.29 is 4.79 Å². The van der Waals surface area contributed by atoms with Gasteiger partial charge in [-0.2, -0.15) is 4.98 Å². The van der Waals surface area contributed by atoms with Gasteiger partial charge in [0.1, 0.15) is 5.82 Å². The molecule has 0 saturated carbocycles. The van der Waals surface area contributed by atoms with Gasteiger partial charge in [0.25, 0.3) is 0 Å². The molecule has 0 spiro atoms. The van der Waals surface area contributed by atoms with Crippen molar-refractivity contribution in [2.45, 2.75) is 32.7 Å². The van der Waals surface area contributed by atoms with E-state index in [1.807, 2.05) is 44.2 Å². The average molecular weight is 374 g/mol. The van der Waals surface area contributed by atoms with E-state index in [1.165, 1.54) is 0 Å². The number of anilines is 3. The molecule has 0 bridgehead atoms. The van der Waals surface area contributed by atoms with Crippen molar-refractivity contribution in [2.24, 2.45) is 5.92 Å². The van der Waals surface area contributed by atoms with Crippen LogP contribution < -0.4 is 15.5 Å². The van der Waals surface area contributed by atoms with Crippen LogP contribution in [0.5, 0.6) is 0 Å². The Hall–Kier alpha value is -2.34. The number of hydrogen-bond donors (Lipinski definition) is 2. The van der Waals surface area contributed by atoms with Gasteiger partial charge in [-0.3, -0.25) is 4.79 Å². The molecule has 1 aliphatic heterocycles. The number of piperidine rings is 1. The van der Waals surface area contributed by atoms with Crippen molar-refractivity contribution in [3.63, 3.8) is 0 Å². The summed E-state index contributed by atoms with van der Waals surface area (Å²) in [5.74, 6) is 1.58. The summed E-state index contributed by atoms with van der Waals surface area (Å²) in [7, 11) is 0.